The summed E-state index contributed by atoms with van der Waals surface area (Å²) in [6.45, 7) is 0. The fraction of sp³-hybridized carbons (Fsp3) is 0.0769. The monoisotopic (exact) mass is 375 g/mol. The lowest BCUT2D eigenvalue weighted by atomic mass is 9.99. The molecule has 0 aromatic heterocycles. The van der Waals surface area contributed by atoms with Crippen molar-refractivity contribution in [1.29, 1.82) is 0 Å². The molecule has 0 amide bonds. The molecule has 5 heteroatoms. The maximum absolute atomic E-state index is 13.7. The van der Waals surface area contributed by atoms with E-state index in [0.717, 1.165) is 27.1 Å². The normalized spacial score (nSPS) is 12.5. The Kier molecular flexibility index (Phi) is 4.14. The minimum atomic E-state index is -0.729. The van der Waals surface area contributed by atoms with Gasteiger partial charge in [0.05, 0.1) is 6.04 Å². The molecule has 1 atom stereocenters. The maximum atomic E-state index is 13.7. The second-order valence-electron chi connectivity index (χ2n) is 3.81. The SMILES string of the molecule is NC(c1cc(F)ccc1F)c1cc(Br)ccc1Br. The summed E-state index contributed by atoms with van der Waals surface area (Å²) in [6, 6.07) is 7.95. The zero-order chi connectivity index (χ0) is 13.3. The summed E-state index contributed by atoms with van der Waals surface area (Å²) in [6.07, 6.45) is 0. The molecule has 0 saturated carbocycles. The molecular weight excluding hydrogens is 368 g/mol. The van der Waals surface area contributed by atoms with Gasteiger partial charge in [0.15, 0.2) is 0 Å². The Bertz CT molecular complexity index is 536. The molecule has 0 aliphatic rings. The van der Waals surface area contributed by atoms with Crippen LogP contribution in [0.25, 0.3) is 0 Å². The van der Waals surface area contributed by atoms with E-state index in [1.807, 2.05) is 6.07 Å². The molecule has 2 aromatic carbocycles. The number of rotatable bonds is 2. The van der Waals surface area contributed by atoms with Crippen LogP contribution in [0.5, 0.6) is 0 Å². The molecule has 18 heavy (non-hydrogen) atoms. The smallest absolute Gasteiger partial charge is 0.128 e. The fourth-order valence-electron chi connectivity index (χ4n) is 1.67. The predicted octanol–water partition coefficient (Wildman–Crippen LogP) is 4.54. The Hall–Kier alpha value is -0.780. The van der Waals surface area contributed by atoms with Gasteiger partial charge in [-0.1, -0.05) is 31.9 Å². The lowest BCUT2D eigenvalue weighted by Crippen LogP contribution is -2.14. The van der Waals surface area contributed by atoms with Gasteiger partial charge < -0.3 is 5.73 Å². The average Bonchev–Trinajstić information content (AvgIpc) is 2.34. The van der Waals surface area contributed by atoms with E-state index in [1.165, 1.54) is 0 Å². The average molecular weight is 377 g/mol. The third kappa shape index (κ3) is 2.79. The Labute approximate surface area is 120 Å². The van der Waals surface area contributed by atoms with Crippen LogP contribution in [0, 0.1) is 11.6 Å². The highest BCUT2D eigenvalue weighted by Crippen LogP contribution is 2.30. The summed E-state index contributed by atoms with van der Waals surface area (Å²) in [7, 11) is 0. The summed E-state index contributed by atoms with van der Waals surface area (Å²) in [5.74, 6) is -1.02. The van der Waals surface area contributed by atoms with Crippen molar-refractivity contribution in [3.63, 3.8) is 0 Å². The molecule has 0 saturated heterocycles. The van der Waals surface area contributed by atoms with Crippen LogP contribution in [0.3, 0.4) is 0 Å². The van der Waals surface area contributed by atoms with Crippen LogP contribution in [-0.4, -0.2) is 0 Å². The topological polar surface area (TPSA) is 26.0 Å². The third-order valence-corrected chi connectivity index (χ3v) is 3.80. The van der Waals surface area contributed by atoms with Crippen molar-refractivity contribution in [1.82, 2.24) is 0 Å². The van der Waals surface area contributed by atoms with Crippen LogP contribution in [0.4, 0.5) is 8.78 Å². The minimum Gasteiger partial charge on any atom is -0.320 e. The van der Waals surface area contributed by atoms with Crippen LogP contribution >= 0.6 is 31.9 Å². The quantitative estimate of drug-likeness (QED) is 0.818. The van der Waals surface area contributed by atoms with E-state index in [-0.39, 0.29) is 5.56 Å². The van der Waals surface area contributed by atoms with Gasteiger partial charge in [0.1, 0.15) is 11.6 Å². The van der Waals surface area contributed by atoms with Gasteiger partial charge in [-0.2, -0.15) is 0 Å². The Morgan fingerprint density at radius 2 is 1.67 bits per heavy atom. The Balaban J connectivity index is 2.50. The third-order valence-electron chi connectivity index (χ3n) is 2.59. The second kappa shape index (κ2) is 5.47. The molecular formula is C13H9Br2F2N. The fourth-order valence-corrected chi connectivity index (χ4v) is 2.55. The van der Waals surface area contributed by atoms with E-state index in [2.05, 4.69) is 31.9 Å². The summed E-state index contributed by atoms with van der Waals surface area (Å²) >= 11 is 6.68. The number of hydrogen-bond acceptors (Lipinski definition) is 1. The number of hydrogen-bond donors (Lipinski definition) is 1. The lowest BCUT2D eigenvalue weighted by Gasteiger charge is -2.15. The molecule has 0 spiro atoms. The number of benzene rings is 2. The van der Waals surface area contributed by atoms with Crippen LogP contribution in [-0.2, 0) is 0 Å². The van der Waals surface area contributed by atoms with Crippen molar-refractivity contribution in [2.75, 3.05) is 0 Å². The molecule has 0 fully saturated rings. The van der Waals surface area contributed by atoms with Crippen LogP contribution < -0.4 is 5.73 Å². The molecule has 0 aliphatic carbocycles. The van der Waals surface area contributed by atoms with E-state index in [9.17, 15) is 8.78 Å². The first-order valence-corrected chi connectivity index (χ1v) is 6.73. The molecule has 2 aromatic rings. The minimum absolute atomic E-state index is 0.133. The van der Waals surface area contributed by atoms with E-state index in [1.54, 1.807) is 12.1 Å². The Morgan fingerprint density at radius 3 is 2.39 bits per heavy atom. The van der Waals surface area contributed by atoms with E-state index >= 15 is 0 Å². The van der Waals surface area contributed by atoms with Crippen LogP contribution in [0.15, 0.2) is 45.3 Å². The standard InChI is InChI=1S/C13H9Br2F2N/c14-7-1-3-11(15)9(5-7)13(18)10-6-8(16)2-4-12(10)17/h1-6,13H,18H2. The summed E-state index contributed by atoms with van der Waals surface area (Å²) in [5.41, 5.74) is 6.82. The van der Waals surface area contributed by atoms with Crippen molar-refractivity contribution in [2.24, 2.45) is 5.73 Å². The summed E-state index contributed by atoms with van der Waals surface area (Å²) in [5, 5.41) is 0. The largest absolute Gasteiger partial charge is 0.320 e. The molecule has 2 N–H and O–H groups in total. The Morgan fingerprint density at radius 1 is 0.944 bits per heavy atom. The molecule has 0 bridgehead atoms. The van der Waals surface area contributed by atoms with Crippen molar-refractivity contribution < 1.29 is 8.78 Å². The van der Waals surface area contributed by atoms with Crippen molar-refractivity contribution in [2.45, 2.75) is 6.04 Å². The first-order valence-electron chi connectivity index (χ1n) is 5.14. The molecule has 1 nitrogen and oxygen atoms in total. The molecule has 0 aliphatic heterocycles. The number of halogens is 4. The highest BCUT2D eigenvalue weighted by molar-refractivity contribution is 9.11. The number of nitrogens with two attached hydrogens (primary N) is 1. The van der Waals surface area contributed by atoms with E-state index in [4.69, 9.17) is 5.73 Å². The molecule has 0 heterocycles. The van der Waals surface area contributed by atoms with Crippen molar-refractivity contribution in [3.8, 4) is 0 Å². The van der Waals surface area contributed by atoms with Gasteiger partial charge in [0, 0.05) is 14.5 Å². The van der Waals surface area contributed by atoms with Gasteiger partial charge in [0.2, 0.25) is 0 Å². The molecule has 2 rings (SSSR count). The van der Waals surface area contributed by atoms with E-state index in [0.29, 0.717) is 5.56 Å². The van der Waals surface area contributed by atoms with Gasteiger partial charge in [0.25, 0.3) is 0 Å². The zero-order valence-electron chi connectivity index (χ0n) is 9.13. The predicted molar refractivity (Wildman–Crippen MR) is 74.2 cm³/mol. The van der Waals surface area contributed by atoms with Gasteiger partial charge >= 0.3 is 0 Å². The summed E-state index contributed by atoms with van der Waals surface area (Å²) < 4.78 is 28.4. The van der Waals surface area contributed by atoms with Crippen LogP contribution in [0.1, 0.15) is 17.2 Å². The van der Waals surface area contributed by atoms with Crippen molar-refractivity contribution >= 4 is 31.9 Å². The first kappa shape index (κ1) is 13.6. The zero-order valence-corrected chi connectivity index (χ0v) is 12.3. The first-order chi connectivity index (χ1) is 8.49. The molecule has 1 unspecified atom stereocenters. The summed E-state index contributed by atoms with van der Waals surface area (Å²) in [4.78, 5) is 0. The van der Waals surface area contributed by atoms with Crippen molar-refractivity contribution in [3.05, 3.63) is 68.1 Å². The highest BCUT2D eigenvalue weighted by Gasteiger charge is 2.17. The lowest BCUT2D eigenvalue weighted by molar-refractivity contribution is 0.576. The van der Waals surface area contributed by atoms with Gasteiger partial charge in [-0.3, -0.25) is 0 Å². The highest BCUT2D eigenvalue weighted by atomic mass is 79.9. The van der Waals surface area contributed by atoms with Gasteiger partial charge in [-0.15, -0.1) is 0 Å². The second-order valence-corrected chi connectivity index (χ2v) is 5.58. The van der Waals surface area contributed by atoms with Gasteiger partial charge in [-0.05, 0) is 42.0 Å². The van der Waals surface area contributed by atoms with Gasteiger partial charge in [-0.25, -0.2) is 8.78 Å². The maximum Gasteiger partial charge on any atom is 0.128 e. The van der Waals surface area contributed by atoms with E-state index < -0.39 is 17.7 Å². The molecule has 94 valence electrons. The van der Waals surface area contributed by atoms with Crippen LogP contribution in [0.2, 0.25) is 0 Å². The molecule has 0 radical (unpaired) electrons.